The average molecular weight is 289 g/mol. The van der Waals surface area contributed by atoms with Gasteiger partial charge in [0.25, 0.3) is 0 Å². The van der Waals surface area contributed by atoms with Gasteiger partial charge >= 0.3 is 0 Å². The van der Waals surface area contributed by atoms with E-state index in [1.807, 2.05) is 6.92 Å². The van der Waals surface area contributed by atoms with Crippen molar-refractivity contribution in [3.63, 3.8) is 0 Å². The molecule has 1 saturated heterocycles. The molecule has 1 amide bonds. The van der Waals surface area contributed by atoms with E-state index in [2.05, 4.69) is 15.2 Å². The molecule has 1 aliphatic heterocycles. The van der Waals surface area contributed by atoms with E-state index >= 15 is 0 Å². The van der Waals surface area contributed by atoms with Crippen molar-refractivity contribution in [1.82, 2.24) is 15.3 Å². The van der Waals surface area contributed by atoms with Crippen LogP contribution in [-0.4, -0.2) is 36.0 Å². The first-order chi connectivity index (χ1) is 10.1. The number of rotatable bonds is 3. The van der Waals surface area contributed by atoms with Gasteiger partial charge in [-0.15, -0.1) is 0 Å². The molecule has 1 aliphatic carbocycles. The number of carbonyl (C=O) groups excluding carboxylic acids is 1. The number of nitrogens with one attached hydrogen (secondary N) is 1. The number of aromatic nitrogens is 2. The van der Waals surface area contributed by atoms with Gasteiger partial charge in [0.05, 0.1) is 0 Å². The van der Waals surface area contributed by atoms with Crippen LogP contribution in [0.3, 0.4) is 0 Å². The monoisotopic (exact) mass is 289 g/mol. The quantitative estimate of drug-likeness (QED) is 0.873. The van der Waals surface area contributed by atoms with Crippen molar-refractivity contribution in [3.8, 4) is 0 Å². The minimum Gasteiger partial charge on any atom is -0.383 e. The number of anilines is 2. The van der Waals surface area contributed by atoms with Crippen molar-refractivity contribution in [2.45, 2.75) is 38.5 Å². The summed E-state index contributed by atoms with van der Waals surface area (Å²) < 4.78 is 0. The van der Waals surface area contributed by atoms with Crippen LogP contribution in [0.25, 0.3) is 0 Å². The lowest BCUT2D eigenvalue weighted by Gasteiger charge is -2.33. The lowest BCUT2D eigenvalue weighted by Crippen LogP contribution is -2.40. The van der Waals surface area contributed by atoms with E-state index < -0.39 is 0 Å². The third-order valence-corrected chi connectivity index (χ3v) is 4.53. The first-order valence-corrected chi connectivity index (χ1v) is 7.70. The number of hydrogen-bond donors (Lipinski definition) is 2. The zero-order valence-corrected chi connectivity index (χ0v) is 12.7. The lowest BCUT2D eigenvalue weighted by molar-refractivity contribution is -0.125. The van der Waals surface area contributed by atoms with Crippen molar-refractivity contribution in [3.05, 3.63) is 11.4 Å². The highest BCUT2D eigenvalue weighted by Gasteiger charge is 2.30. The fourth-order valence-corrected chi connectivity index (χ4v) is 2.93. The van der Waals surface area contributed by atoms with Gasteiger partial charge in [-0.1, -0.05) is 0 Å². The molecule has 0 unspecified atom stereocenters. The Morgan fingerprint density at radius 2 is 1.90 bits per heavy atom. The minimum absolute atomic E-state index is 0.119. The van der Waals surface area contributed by atoms with Crippen LogP contribution >= 0.6 is 0 Å². The van der Waals surface area contributed by atoms with Gasteiger partial charge in [0.2, 0.25) is 5.91 Å². The maximum atomic E-state index is 11.7. The summed E-state index contributed by atoms with van der Waals surface area (Å²) in [5.74, 6) is 3.20. The van der Waals surface area contributed by atoms with Crippen LogP contribution in [0.2, 0.25) is 0 Å². The summed E-state index contributed by atoms with van der Waals surface area (Å²) in [6.45, 7) is 3.67. The molecule has 3 rings (SSSR count). The van der Waals surface area contributed by atoms with Gasteiger partial charge < -0.3 is 16.0 Å². The van der Waals surface area contributed by atoms with Gasteiger partial charge in [-0.05, 0) is 32.6 Å². The van der Waals surface area contributed by atoms with E-state index in [1.165, 1.54) is 12.8 Å². The van der Waals surface area contributed by atoms with Crippen molar-refractivity contribution < 1.29 is 4.79 Å². The Hall–Kier alpha value is -1.85. The maximum absolute atomic E-state index is 11.7. The van der Waals surface area contributed by atoms with Crippen LogP contribution in [0.15, 0.2) is 0 Å². The third-order valence-electron chi connectivity index (χ3n) is 4.53. The maximum Gasteiger partial charge on any atom is 0.222 e. The Morgan fingerprint density at radius 1 is 1.24 bits per heavy atom. The van der Waals surface area contributed by atoms with Crippen molar-refractivity contribution >= 4 is 17.5 Å². The summed E-state index contributed by atoms with van der Waals surface area (Å²) in [5.41, 5.74) is 7.01. The SMILES string of the molecule is CNC(=O)C1CCN(c2nc(C3CC3)nc(N)c2C)CC1. The van der Waals surface area contributed by atoms with Crippen molar-refractivity contribution in [1.29, 1.82) is 0 Å². The fraction of sp³-hybridized carbons (Fsp3) is 0.667. The first-order valence-electron chi connectivity index (χ1n) is 7.70. The number of nitrogens with zero attached hydrogens (tertiary/aromatic N) is 3. The molecule has 1 aromatic heterocycles. The van der Waals surface area contributed by atoms with E-state index in [4.69, 9.17) is 10.7 Å². The highest BCUT2D eigenvalue weighted by atomic mass is 16.1. The summed E-state index contributed by atoms with van der Waals surface area (Å²) in [7, 11) is 1.70. The summed E-state index contributed by atoms with van der Waals surface area (Å²) in [4.78, 5) is 23.1. The third kappa shape index (κ3) is 2.80. The lowest BCUT2D eigenvalue weighted by atomic mass is 9.96. The molecule has 1 saturated carbocycles. The van der Waals surface area contributed by atoms with E-state index in [9.17, 15) is 4.79 Å². The normalized spacial score (nSPS) is 19.6. The van der Waals surface area contributed by atoms with Crippen LogP contribution in [0.1, 0.15) is 43.0 Å². The predicted molar refractivity (Wildman–Crippen MR) is 82.2 cm³/mol. The molecule has 0 atom stereocenters. The molecule has 21 heavy (non-hydrogen) atoms. The fourth-order valence-electron chi connectivity index (χ4n) is 2.93. The molecular formula is C15H23N5O. The van der Waals surface area contributed by atoms with E-state index in [1.54, 1.807) is 7.05 Å². The molecule has 6 nitrogen and oxygen atoms in total. The van der Waals surface area contributed by atoms with E-state index in [0.717, 1.165) is 43.1 Å². The van der Waals surface area contributed by atoms with Crippen molar-refractivity contribution in [2.75, 3.05) is 30.8 Å². The summed E-state index contributed by atoms with van der Waals surface area (Å²) >= 11 is 0. The summed E-state index contributed by atoms with van der Waals surface area (Å²) in [6, 6.07) is 0. The molecule has 0 spiro atoms. The first kappa shape index (κ1) is 14.1. The van der Waals surface area contributed by atoms with Crippen LogP contribution in [0.5, 0.6) is 0 Å². The molecule has 6 heteroatoms. The number of nitrogen functional groups attached to an aromatic ring is 1. The molecule has 2 fully saturated rings. The van der Waals surface area contributed by atoms with Crippen LogP contribution in [0.4, 0.5) is 11.6 Å². The topological polar surface area (TPSA) is 84.1 Å². The van der Waals surface area contributed by atoms with Crippen LogP contribution in [0, 0.1) is 12.8 Å². The number of amides is 1. The second-order valence-corrected chi connectivity index (χ2v) is 6.07. The largest absolute Gasteiger partial charge is 0.383 e. The Kier molecular flexibility index (Phi) is 3.69. The Balaban J connectivity index is 1.77. The smallest absolute Gasteiger partial charge is 0.222 e. The van der Waals surface area contributed by atoms with Gasteiger partial charge in [-0.3, -0.25) is 4.79 Å². The van der Waals surface area contributed by atoms with E-state index in [0.29, 0.717) is 11.7 Å². The Morgan fingerprint density at radius 3 is 2.48 bits per heavy atom. The zero-order chi connectivity index (χ0) is 15.0. The van der Waals surface area contributed by atoms with Gasteiger partial charge in [-0.2, -0.15) is 0 Å². The van der Waals surface area contributed by atoms with Gasteiger partial charge in [0.15, 0.2) is 0 Å². The van der Waals surface area contributed by atoms with Crippen molar-refractivity contribution in [2.24, 2.45) is 5.92 Å². The molecule has 1 aromatic rings. The van der Waals surface area contributed by atoms with E-state index in [-0.39, 0.29) is 11.8 Å². The van der Waals surface area contributed by atoms with Gasteiger partial charge in [0.1, 0.15) is 17.5 Å². The van der Waals surface area contributed by atoms with Crippen LogP contribution < -0.4 is 16.0 Å². The molecule has 2 aliphatic rings. The second kappa shape index (κ2) is 5.50. The van der Waals surface area contributed by atoms with Gasteiger partial charge in [-0.25, -0.2) is 9.97 Å². The molecule has 0 aromatic carbocycles. The second-order valence-electron chi connectivity index (χ2n) is 6.07. The standard InChI is InChI=1S/C15H23N5O/c1-9-12(16)18-13(10-3-4-10)19-14(9)20-7-5-11(6-8-20)15(21)17-2/h10-11H,3-8H2,1-2H3,(H,17,21)(H2,16,18,19). The van der Waals surface area contributed by atoms with Gasteiger partial charge in [0, 0.05) is 37.5 Å². The number of carbonyl (C=O) groups is 1. The number of piperidine rings is 1. The molecule has 3 N–H and O–H groups in total. The predicted octanol–water partition coefficient (Wildman–Crippen LogP) is 1.21. The molecular weight excluding hydrogens is 266 g/mol. The van der Waals surface area contributed by atoms with Crippen LogP contribution in [-0.2, 0) is 4.79 Å². The average Bonchev–Trinajstić information content (AvgIpc) is 3.34. The Bertz CT molecular complexity index is 547. The zero-order valence-electron chi connectivity index (χ0n) is 12.7. The molecule has 2 heterocycles. The highest BCUT2D eigenvalue weighted by molar-refractivity contribution is 5.78. The molecule has 0 radical (unpaired) electrons. The summed E-state index contributed by atoms with van der Waals surface area (Å²) in [6.07, 6.45) is 4.06. The summed E-state index contributed by atoms with van der Waals surface area (Å²) in [5, 5.41) is 2.74. The molecule has 114 valence electrons. The number of nitrogens with two attached hydrogens (primary N) is 1. The molecule has 0 bridgehead atoms. The Labute approximate surface area is 125 Å². The number of hydrogen-bond acceptors (Lipinski definition) is 5. The highest BCUT2D eigenvalue weighted by Crippen LogP contribution is 2.40. The minimum atomic E-state index is 0.119.